The topological polar surface area (TPSA) is 190 Å². The molecular formula is C30H31N9O4. The molecule has 0 fully saturated rings. The number of amides is 1. The molecule has 0 aromatic heterocycles. The summed E-state index contributed by atoms with van der Waals surface area (Å²) in [5.74, 6) is 0.325. The summed E-state index contributed by atoms with van der Waals surface area (Å²) in [7, 11) is 0. The SMILES string of the molecule is C=CCNNC(=O)[C@@]1(Cc2ccccc2N=[N+]=[N-])N=C(c2ccc(OCCCO)cc2)O[C@H]1c1ccccc1CN=[N+]=[N-]. The number of rotatable bonds is 15. The lowest BCUT2D eigenvalue weighted by molar-refractivity contribution is -0.129. The lowest BCUT2D eigenvalue weighted by Crippen LogP contribution is -2.54. The number of nitrogens with zero attached hydrogens (tertiary/aromatic N) is 7. The number of aliphatic imine (C=N–C) groups is 1. The Balaban J connectivity index is 1.87. The van der Waals surface area contributed by atoms with Crippen LogP contribution >= 0.6 is 0 Å². The number of nitrogens with one attached hydrogen (secondary N) is 2. The predicted octanol–water partition coefficient (Wildman–Crippen LogP) is 5.51. The molecule has 3 N–H and O–H groups in total. The fraction of sp³-hybridized carbons (Fsp3) is 0.267. The summed E-state index contributed by atoms with van der Waals surface area (Å²) in [4.78, 5) is 25.0. The number of aliphatic hydroxyl groups is 1. The molecule has 13 heteroatoms. The Bertz CT molecular complexity index is 1560. The fourth-order valence-corrected chi connectivity index (χ4v) is 4.71. The Labute approximate surface area is 248 Å². The summed E-state index contributed by atoms with van der Waals surface area (Å²) in [5, 5.41) is 16.6. The molecule has 0 bridgehead atoms. The molecule has 1 amide bonds. The lowest BCUT2D eigenvalue weighted by Gasteiger charge is -2.32. The molecule has 1 aliphatic heterocycles. The molecule has 4 rings (SSSR count). The highest BCUT2D eigenvalue weighted by atomic mass is 16.5. The van der Waals surface area contributed by atoms with Gasteiger partial charge in [-0.25, -0.2) is 10.4 Å². The summed E-state index contributed by atoms with van der Waals surface area (Å²) in [6, 6.07) is 21.2. The zero-order valence-electron chi connectivity index (χ0n) is 23.3. The number of hydrazine groups is 1. The van der Waals surface area contributed by atoms with Gasteiger partial charge in [0.1, 0.15) is 5.75 Å². The van der Waals surface area contributed by atoms with Crippen LogP contribution in [0.25, 0.3) is 20.9 Å². The van der Waals surface area contributed by atoms with E-state index >= 15 is 0 Å². The van der Waals surface area contributed by atoms with E-state index in [1.54, 1.807) is 66.7 Å². The smallest absolute Gasteiger partial charge is 0.266 e. The van der Waals surface area contributed by atoms with Crippen molar-refractivity contribution < 1.29 is 19.4 Å². The largest absolute Gasteiger partial charge is 0.494 e. The van der Waals surface area contributed by atoms with Crippen molar-refractivity contribution in [2.75, 3.05) is 19.8 Å². The first-order valence-corrected chi connectivity index (χ1v) is 13.5. The molecule has 0 aliphatic carbocycles. The van der Waals surface area contributed by atoms with E-state index in [0.717, 1.165) is 0 Å². The van der Waals surface area contributed by atoms with Crippen LogP contribution < -0.4 is 15.6 Å². The number of azide groups is 2. The first kappa shape index (κ1) is 30.6. The van der Waals surface area contributed by atoms with Crippen molar-refractivity contribution in [1.82, 2.24) is 10.9 Å². The van der Waals surface area contributed by atoms with E-state index < -0.39 is 17.6 Å². The number of hydrogen-bond acceptors (Lipinski definition) is 8. The second-order valence-corrected chi connectivity index (χ2v) is 9.50. The Hall–Kier alpha value is -5.32. The van der Waals surface area contributed by atoms with Crippen molar-refractivity contribution in [2.45, 2.75) is 31.0 Å². The van der Waals surface area contributed by atoms with Crippen LogP contribution in [-0.2, 0) is 22.5 Å². The summed E-state index contributed by atoms with van der Waals surface area (Å²) in [6.07, 6.45) is 1.15. The Morgan fingerprint density at radius 3 is 2.56 bits per heavy atom. The maximum atomic E-state index is 14.2. The first-order chi connectivity index (χ1) is 21.1. The number of carbonyl (C=O) groups is 1. The third kappa shape index (κ3) is 7.31. The number of carbonyl (C=O) groups excluding carboxylic acids is 1. The predicted molar refractivity (Wildman–Crippen MR) is 161 cm³/mol. The minimum absolute atomic E-state index is 0.0101. The van der Waals surface area contributed by atoms with Crippen molar-refractivity contribution in [3.63, 3.8) is 0 Å². The molecule has 0 spiro atoms. The molecular weight excluding hydrogens is 550 g/mol. The third-order valence-corrected chi connectivity index (χ3v) is 6.72. The van der Waals surface area contributed by atoms with E-state index in [-0.39, 0.29) is 25.5 Å². The summed E-state index contributed by atoms with van der Waals surface area (Å²) < 4.78 is 12.2. The van der Waals surface area contributed by atoms with Crippen molar-refractivity contribution in [3.05, 3.63) is 129 Å². The average Bonchev–Trinajstić information content (AvgIpc) is 3.42. The van der Waals surface area contributed by atoms with Gasteiger partial charge in [-0.3, -0.25) is 10.2 Å². The van der Waals surface area contributed by atoms with Gasteiger partial charge in [-0.2, -0.15) is 0 Å². The normalized spacial score (nSPS) is 17.0. The van der Waals surface area contributed by atoms with Gasteiger partial charge in [0.15, 0.2) is 11.6 Å². The van der Waals surface area contributed by atoms with Crippen LogP contribution in [0.2, 0.25) is 0 Å². The summed E-state index contributed by atoms with van der Waals surface area (Å²) in [5.41, 5.74) is 25.0. The molecule has 1 heterocycles. The van der Waals surface area contributed by atoms with E-state index in [1.807, 2.05) is 12.1 Å². The highest BCUT2D eigenvalue weighted by Crippen LogP contribution is 2.44. The Morgan fingerprint density at radius 2 is 1.84 bits per heavy atom. The molecule has 43 heavy (non-hydrogen) atoms. The molecule has 0 unspecified atom stereocenters. The van der Waals surface area contributed by atoms with E-state index in [1.165, 1.54) is 0 Å². The summed E-state index contributed by atoms with van der Waals surface area (Å²) in [6.45, 7) is 4.40. The van der Waals surface area contributed by atoms with Gasteiger partial charge < -0.3 is 14.6 Å². The third-order valence-electron chi connectivity index (χ3n) is 6.72. The quantitative estimate of drug-likeness (QED) is 0.0532. The van der Waals surface area contributed by atoms with Crippen LogP contribution in [0.5, 0.6) is 5.75 Å². The Kier molecular flexibility index (Phi) is 10.7. The van der Waals surface area contributed by atoms with E-state index in [4.69, 9.17) is 25.1 Å². The average molecular weight is 582 g/mol. The minimum atomic E-state index is -1.59. The second-order valence-electron chi connectivity index (χ2n) is 9.50. The minimum Gasteiger partial charge on any atom is -0.494 e. The molecule has 220 valence electrons. The van der Waals surface area contributed by atoms with Gasteiger partial charge in [0.25, 0.3) is 5.91 Å². The molecule has 3 aromatic carbocycles. The van der Waals surface area contributed by atoms with Crippen LogP contribution in [0.4, 0.5) is 5.69 Å². The highest BCUT2D eigenvalue weighted by Gasteiger charge is 2.54. The summed E-state index contributed by atoms with van der Waals surface area (Å²) >= 11 is 0. The van der Waals surface area contributed by atoms with Crippen molar-refractivity contribution in [3.8, 4) is 5.75 Å². The maximum Gasteiger partial charge on any atom is 0.266 e. The van der Waals surface area contributed by atoms with Gasteiger partial charge in [0, 0.05) is 47.1 Å². The molecule has 1 aliphatic rings. The van der Waals surface area contributed by atoms with Gasteiger partial charge in [0.05, 0.1) is 13.2 Å². The Morgan fingerprint density at radius 1 is 1.09 bits per heavy atom. The number of ether oxygens (including phenoxy) is 2. The van der Waals surface area contributed by atoms with Gasteiger partial charge in [0.2, 0.25) is 5.90 Å². The zero-order valence-corrected chi connectivity index (χ0v) is 23.3. The maximum absolute atomic E-state index is 14.2. The highest BCUT2D eigenvalue weighted by molar-refractivity contribution is 6.01. The van der Waals surface area contributed by atoms with Gasteiger partial charge in [-0.05, 0) is 52.0 Å². The first-order valence-electron chi connectivity index (χ1n) is 13.5. The van der Waals surface area contributed by atoms with Gasteiger partial charge in [-0.15, -0.1) is 6.58 Å². The molecule has 2 atom stereocenters. The molecule has 0 saturated carbocycles. The lowest BCUT2D eigenvalue weighted by atomic mass is 9.80. The van der Waals surface area contributed by atoms with Gasteiger partial charge >= 0.3 is 0 Å². The van der Waals surface area contributed by atoms with Crippen molar-refractivity contribution >= 4 is 17.5 Å². The van der Waals surface area contributed by atoms with Crippen molar-refractivity contribution in [2.24, 2.45) is 15.2 Å². The number of aliphatic hydroxyl groups excluding tert-OH is 1. The van der Waals surface area contributed by atoms with Crippen LogP contribution in [0, 0.1) is 0 Å². The fourth-order valence-electron chi connectivity index (χ4n) is 4.71. The monoisotopic (exact) mass is 581 g/mol. The number of benzene rings is 3. The van der Waals surface area contributed by atoms with Crippen molar-refractivity contribution in [1.29, 1.82) is 0 Å². The van der Waals surface area contributed by atoms with Crippen LogP contribution in [0.1, 0.15) is 34.8 Å². The van der Waals surface area contributed by atoms with Gasteiger partial charge in [-0.1, -0.05) is 64.8 Å². The van der Waals surface area contributed by atoms with E-state index in [2.05, 4.69) is 37.5 Å². The van der Waals surface area contributed by atoms with E-state index in [0.29, 0.717) is 53.3 Å². The molecule has 0 saturated heterocycles. The van der Waals surface area contributed by atoms with E-state index in [9.17, 15) is 10.3 Å². The molecule has 3 aromatic rings. The second kappa shape index (κ2) is 15.1. The number of hydrogen-bond donors (Lipinski definition) is 3. The molecule has 0 radical (unpaired) electrons. The van der Waals surface area contributed by atoms with Crippen LogP contribution in [0.3, 0.4) is 0 Å². The molecule has 13 nitrogen and oxygen atoms in total. The standard InChI is InChI=1S/C30H31N9O4/c1-2-16-33-37-29(41)30(19-22-8-4-6-11-26(22)36-39-32)27(25-10-5-3-9-23(25)20-34-38-31)43-28(35-30)21-12-14-24(15-13-21)42-18-7-17-40/h2-6,8-15,27,33,40H,1,7,16-20H2,(H,37,41)/t27-,30-/m0/s1. The zero-order chi connectivity index (χ0) is 30.5. The van der Waals surface area contributed by atoms with Crippen LogP contribution in [0.15, 0.2) is 101 Å². The van der Waals surface area contributed by atoms with Crippen LogP contribution in [-0.4, -0.2) is 42.2 Å².